The molecular formula is C35H54BNO6. The first-order valence-electron chi connectivity index (χ1n) is 17.3. The number of carbonyl (C=O) groups is 1. The first-order valence-corrected chi connectivity index (χ1v) is 17.3. The predicted octanol–water partition coefficient (Wildman–Crippen LogP) is 4.14. The largest absolute Gasteiger partial charge is 0.490 e. The summed E-state index contributed by atoms with van der Waals surface area (Å²) in [7, 11) is -1.48. The predicted molar refractivity (Wildman–Crippen MR) is 168 cm³/mol. The number of piperidine rings is 1. The zero-order valence-electron chi connectivity index (χ0n) is 26.5. The van der Waals surface area contributed by atoms with Gasteiger partial charge in [0.25, 0.3) is 0 Å². The number of hydrogen-bond donors (Lipinski definition) is 4. The molecule has 1 amide bonds. The van der Waals surface area contributed by atoms with Gasteiger partial charge in [0.1, 0.15) is 11.9 Å². The van der Waals surface area contributed by atoms with E-state index in [1.165, 1.54) is 25.7 Å². The lowest BCUT2D eigenvalue weighted by atomic mass is 9.43. The number of likely N-dealkylation sites (tertiary alicyclic amines) is 1. The molecule has 43 heavy (non-hydrogen) atoms. The van der Waals surface area contributed by atoms with E-state index < -0.39 is 7.12 Å². The summed E-state index contributed by atoms with van der Waals surface area (Å²) in [4.78, 5) is 15.3. The second-order valence-electron chi connectivity index (χ2n) is 15.6. The quantitative estimate of drug-likeness (QED) is 0.353. The molecule has 6 rings (SSSR count). The minimum absolute atomic E-state index is 0.0599. The molecule has 1 aliphatic heterocycles. The minimum Gasteiger partial charge on any atom is -0.490 e. The maximum atomic E-state index is 13.3. The van der Waals surface area contributed by atoms with E-state index in [0.717, 1.165) is 44.9 Å². The summed E-state index contributed by atoms with van der Waals surface area (Å²) in [5, 5.41) is 40.5. The Labute approximate surface area is 258 Å². The van der Waals surface area contributed by atoms with Gasteiger partial charge in [-0.25, -0.2) is 0 Å². The highest BCUT2D eigenvalue weighted by atomic mass is 16.5. The van der Waals surface area contributed by atoms with Crippen molar-refractivity contribution in [2.75, 3.05) is 13.1 Å². The summed E-state index contributed by atoms with van der Waals surface area (Å²) >= 11 is 0. The molecule has 10 atom stereocenters. The second-order valence-corrected chi connectivity index (χ2v) is 15.6. The molecule has 1 aromatic rings. The Hall–Kier alpha value is -1.61. The van der Waals surface area contributed by atoms with E-state index >= 15 is 0 Å². The topological polar surface area (TPSA) is 110 Å². The summed E-state index contributed by atoms with van der Waals surface area (Å²) < 4.78 is 6.10. The molecule has 5 aliphatic rings. The van der Waals surface area contributed by atoms with Crippen LogP contribution in [0.5, 0.6) is 5.75 Å². The number of aliphatic hydroxyl groups is 2. The smallest absolute Gasteiger partial charge is 0.488 e. The maximum Gasteiger partial charge on any atom is 0.488 e. The van der Waals surface area contributed by atoms with Crippen LogP contribution in [0.1, 0.15) is 97.8 Å². The first-order chi connectivity index (χ1) is 20.5. The van der Waals surface area contributed by atoms with E-state index in [0.29, 0.717) is 66.2 Å². The highest BCUT2D eigenvalue weighted by Gasteiger charge is 2.62. The Bertz CT molecular complexity index is 1120. The van der Waals surface area contributed by atoms with Gasteiger partial charge < -0.3 is 29.9 Å². The Morgan fingerprint density at radius 3 is 2.33 bits per heavy atom. The van der Waals surface area contributed by atoms with E-state index in [-0.39, 0.29) is 35.0 Å². The normalized spacial score (nSPS) is 40.3. The lowest BCUT2D eigenvalue weighted by molar-refractivity contribution is -0.174. The number of amides is 1. The third kappa shape index (κ3) is 5.91. The van der Waals surface area contributed by atoms with Crippen molar-refractivity contribution in [3.63, 3.8) is 0 Å². The minimum atomic E-state index is -1.48. The molecule has 4 aliphatic carbocycles. The van der Waals surface area contributed by atoms with Crippen LogP contribution in [0.2, 0.25) is 0 Å². The van der Waals surface area contributed by atoms with Crippen LogP contribution in [-0.2, 0) is 4.79 Å². The fourth-order valence-electron chi connectivity index (χ4n) is 11.0. The SMILES string of the molecule is C[C@H](CCC(=O)N1CCC(Oc2ccc(B(O)O)cc2)CC1)[C@H]1CC[C@H]2[C@@H]3[C@@H](O)C[C@@H]4C[C@H](O)CC[C@]4(C)[C@H]3CC[C@]12C. The molecule has 0 spiro atoms. The molecule has 238 valence electrons. The number of rotatable bonds is 7. The molecule has 1 saturated heterocycles. The Morgan fingerprint density at radius 2 is 1.63 bits per heavy atom. The van der Waals surface area contributed by atoms with Crippen LogP contribution in [-0.4, -0.2) is 69.6 Å². The van der Waals surface area contributed by atoms with Gasteiger partial charge >= 0.3 is 7.12 Å². The lowest BCUT2D eigenvalue weighted by Gasteiger charge is -2.62. The van der Waals surface area contributed by atoms with Gasteiger partial charge in [-0.3, -0.25) is 4.79 Å². The van der Waals surface area contributed by atoms with Crippen LogP contribution in [0.15, 0.2) is 24.3 Å². The molecule has 0 aromatic heterocycles. The molecule has 0 unspecified atom stereocenters. The Kier molecular flexibility index (Phi) is 8.98. The molecule has 1 aromatic carbocycles. The van der Waals surface area contributed by atoms with Crippen molar-refractivity contribution in [1.82, 2.24) is 4.90 Å². The molecule has 8 heteroatoms. The highest BCUT2D eigenvalue weighted by Crippen LogP contribution is 2.68. The summed E-state index contributed by atoms with van der Waals surface area (Å²) in [6.45, 7) is 8.79. The average Bonchev–Trinajstić information content (AvgIpc) is 3.34. The standard InChI is InChI=1S/C35H54BNO6/c1-22(4-11-32(40)37-18-14-27(15-19-37)43-26-7-5-24(6-8-26)36(41)42)28-9-10-29-33-30(13-17-35(28,29)3)34(2)16-12-25(38)20-23(34)21-31(33)39/h5-8,22-23,25,27-31,33,38-39,41-42H,4,9-21H2,1-3H3/t22-,23+,25-,28-,29+,30+,31+,33+,34+,35-/m1/s1. The van der Waals surface area contributed by atoms with Crippen molar-refractivity contribution < 1.29 is 29.8 Å². The number of hydrogen-bond acceptors (Lipinski definition) is 6. The Morgan fingerprint density at radius 1 is 0.953 bits per heavy atom. The van der Waals surface area contributed by atoms with Crippen molar-refractivity contribution >= 4 is 18.5 Å². The number of ether oxygens (including phenoxy) is 1. The molecule has 0 radical (unpaired) electrons. The van der Waals surface area contributed by atoms with Gasteiger partial charge in [-0.2, -0.15) is 0 Å². The molecule has 1 heterocycles. The van der Waals surface area contributed by atoms with Crippen LogP contribution >= 0.6 is 0 Å². The summed E-state index contributed by atoms with van der Waals surface area (Å²) in [6.07, 6.45) is 11.4. The van der Waals surface area contributed by atoms with Crippen LogP contribution in [0.3, 0.4) is 0 Å². The zero-order chi connectivity index (χ0) is 30.5. The van der Waals surface area contributed by atoms with Crippen LogP contribution in [0, 0.1) is 46.3 Å². The van der Waals surface area contributed by atoms with Crippen molar-refractivity contribution in [3.8, 4) is 5.75 Å². The van der Waals surface area contributed by atoms with Crippen LogP contribution in [0.4, 0.5) is 0 Å². The fraction of sp³-hybridized carbons (Fsp3) is 0.800. The number of nitrogens with zero attached hydrogens (tertiary/aromatic N) is 1. The van der Waals surface area contributed by atoms with Gasteiger partial charge in [-0.1, -0.05) is 32.9 Å². The monoisotopic (exact) mass is 595 g/mol. The van der Waals surface area contributed by atoms with E-state index in [1.54, 1.807) is 24.3 Å². The number of benzene rings is 1. The summed E-state index contributed by atoms with van der Waals surface area (Å²) in [6, 6.07) is 6.85. The number of carbonyl (C=O) groups excluding carboxylic acids is 1. The number of fused-ring (bicyclic) bond motifs is 5. The van der Waals surface area contributed by atoms with Gasteiger partial charge in [-0.05, 0) is 122 Å². The average molecular weight is 596 g/mol. The lowest BCUT2D eigenvalue weighted by Crippen LogP contribution is -2.58. The van der Waals surface area contributed by atoms with Crippen molar-refractivity contribution in [1.29, 1.82) is 0 Å². The van der Waals surface area contributed by atoms with Gasteiger partial charge in [-0.15, -0.1) is 0 Å². The molecular weight excluding hydrogens is 541 g/mol. The highest BCUT2D eigenvalue weighted by molar-refractivity contribution is 6.58. The molecule has 4 saturated carbocycles. The first kappa shape index (κ1) is 31.4. The summed E-state index contributed by atoms with van der Waals surface area (Å²) in [5.41, 5.74) is 0.940. The van der Waals surface area contributed by atoms with Crippen molar-refractivity contribution in [2.45, 2.75) is 116 Å². The molecule has 7 nitrogen and oxygen atoms in total. The van der Waals surface area contributed by atoms with E-state index in [1.807, 2.05) is 4.90 Å². The van der Waals surface area contributed by atoms with E-state index in [2.05, 4.69) is 20.8 Å². The second kappa shape index (κ2) is 12.3. The zero-order valence-corrected chi connectivity index (χ0v) is 26.5. The van der Waals surface area contributed by atoms with E-state index in [9.17, 15) is 25.1 Å². The van der Waals surface area contributed by atoms with Crippen molar-refractivity contribution in [2.24, 2.45) is 46.3 Å². The molecule has 0 bridgehead atoms. The van der Waals surface area contributed by atoms with Gasteiger partial charge in [0.15, 0.2) is 0 Å². The van der Waals surface area contributed by atoms with Gasteiger partial charge in [0, 0.05) is 32.4 Å². The fourth-order valence-corrected chi connectivity index (χ4v) is 11.0. The van der Waals surface area contributed by atoms with Gasteiger partial charge in [0.05, 0.1) is 12.2 Å². The third-order valence-corrected chi connectivity index (χ3v) is 13.5. The molecule has 5 fully saturated rings. The molecule has 4 N–H and O–H groups in total. The van der Waals surface area contributed by atoms with Crippen molar-refractivity contribution in [3.05, 3.63) is 24.3 Å². The van der Waals surface area contributed by atoms with E-state index in [4.69, 9.17) is 4.74 Å². The van der Waals surface area contributed by atoms with Crippen LogP contribution in [0.25, 0.3) is 0 Å². The summed E-state index contributed by atoms with van der Waals surface area (Å²) in [5.74, 6) is 4.05. The number of aliphatic hydroxyl groups excluding tert-OH is 2. The maximum absolute atomic E-state index is 13.3. The Balaban J connectivity index is 1.00. The third-order valence-electron chi connectivity index (χ3n) is 13.5. The van der Waals surface area contributed by atoms with Crippen LogP contribution < -0.4 is 10.2 Å². The van der Waals surface area contributed by atoms with Gasteiger partial charge in [0.2, 0.25) is 5.91 Å².